The zero-order valence-electron chi connectivity index (χ0n) is 16.4. The Bertz CT molecular complexity index is 494. The monoisotopic (exact) mass is 352 g/mol. The molecular formula is C18H36N6O. The molecule has 2 rings (SSSR count). The highest BCUT2D eigenvalue weighted by atomic mass is 16.2. The molecule has 2 heterocycles. The number of nitrogens with zero attached hydrogens (tertiary/aromatic N) is 2. The molecule has 25 heavy (non-hydrogen) atoms. The maximum atomic E-state index is 12.8. The first kappa shape index (κ1) is 20.0. The van der Waals surface area contributed by atoms with Crippen LogP contribution in [0.25, 0.3) is 0 Å². The number of hydrogen-bond donors (Lipinski definition) is 4. The Kier molecular flexibility index (Phi) is 6.32. The van der Waals surface area contributed by atoms with Crippen molar-refractivity contribution in [3.05, 3.63) is 0 Å². The third-order valence-electron chi connectivity index (χ3n) is 4.80. The van der Waals surface area contributed by atoms with Crippen LogP contribution in [0.4, 0.5) is 0 Å². The molecule has 0 aromatic carbocycles. The number of amides is 1. The van der Waals surface area contributed by atoms with Crippen LogP contribution in [0.3, 0.4) is 0 Å². The van der Waals surface area contributed by atoms with Gasteiger partial charge in [-0.3, -0.25) is 14.7 Å². The normalized spacial score (nSPS) is 31.4. The van der Waals surface area contributed by atoms with Crippen LogP contribution in [0, 0.1) is 5.92 Å². The molecule has 1 amide bonds. The molecule has 0 aliphatic carbocycles. The van der Waals surface area contributed by atoms with Gasteiger partial charge in [0.2, 0.25) is 5.91 Å². The fourth-order valence-corrected chi connectivity index (χ4v) is 3.84. The van der Waals surface area contributed by atoms with E-state index in [1.165, 1.54) is 0 Å². The molecule has 2 fully saturated rings. The van der Waals surface area contributed by atoms with Crippen molar-refractivity contribution in [3.63, 3.8) is 0 Å². The zero-order valence-corrected chi connectivity index (χ0v) is 16.4. The van der Waals surface area contributed by atoms with Crippen LogP contribution < -0.4 is 22.1 Å². The van der Waals surface area contributed by atoms with Gasteiger partial charge in [-0.15, -0.1) is 0 Å². The van der Waals surface area contributed by atoms with Gasteiger partial charge in [-0.1, -0.05) is 13.8 Å². The Morgan fingerprint density at radius 2 is 2.04 bits per heavy atom. The average molecular weight is 353 g/mol. The van der Waals surface area contributed by atoms with E-state index in [9.17, 15) is 4.79 Å². The molecular weight excluding hydrogens is 316 g/mol. The van der Waals surface area contributed by atoms with Crippen molar-refractivity contribution >= 4 is 11.9 Å². The molecule has 6 N–H and O–H groups in total. The SMILES string of the molecule is CC(C)C[C@@H]1[C@H]2[C@H](C(=O)NC(C)(C)C)N[C@H](CCCN=C(N)N)CN21. The first-order valence-corrected chi connectivity index (χ1v) is 9.47. The number of hydrogen-bond acceptors (Lipinski definition) is 4. The fraction of sp³-hybridized carbons (Fsp3) is 0.889. The van der Waals surface area contributed by atoms with E-state index in [2.05, 4.69) is 34.4 Å². The largest absolute Gasteiger partial charge is 0.370 e. The first-order valence-electron chi connectivity index (χ1n) is 9.47. The quantitative estimate of drug-likeness (QED) is 0.229. The van der Waals surface area contributed by atoms with Gasteiger partial charge in [-0.25, -0.2) is 0 Å². The number of guanidine groups is 1. The lowest BCUT2D eigenvalue weighted by Crippen LogP contribution is -2.59. The number of piperazine rings is 1. The summed E-state index contributed by atoms with van der Waals surface area (Å²) in [7, 11) is 0. The lowest BCUT2D eigenvalue weighted by atomic mass is 9.99. The van der Waals surface area contributed by atoms with Crippen LogP contribution in [-0.2, 0) is 4.79 Å². The lowest BCUT2D eigenvalue weighted by Gasteiger charge is -2.32. The van der Waals surface area contributed by atoms with Crippen molar-refractivity contribution < 1.29 is 4.79 Å². The molecule has 2 aliphatic heterocycles. The third kappa shape index (κ3) is 5.85. The molecule has 2 saturated heterocycles. The molecule has 0 aromatic heterocycles. The summed E-state index contributed by atoms with van der Waals surface area (Å²) in [5.74, 6) is 0.895. The molecule has 1 unspecified atom stereocenters. The maximum Gasteiger partial charge on any atom is 0.239 e. The predicted molar refractivity (Wildman–Crippen MR) is 102 cm³/mol. The van der Waals surface area contributed by atoms with Gasteiger partial charge in [0.25, 0.3) is 0 Å². The van der Waals surface area contributed by atoms with Gasteiger partial charge in [0.1, 0.15) is 6.04 Å². The highest BCUT2D eigenvalue weighted by Crippen LogP contribution is 2.39. The molecule has 7 heteroatoms. The van der Waals surface area contributed by atoms with Crippen molar-refractivity contribution in [1.82, 2.24) is 15.5 Å². The zero-order chi connectivity index (χ0) is 18.8. The molecule has 0 saturated carbocycles. The van der Waals surface area contributed by atoms with Crippen molar-refractivity contribution in [2.75, 3.05) is 13.1 Å². The highest BCUT2D eigenvalue weighted by molar-refractivity contribution is 5.84. The first-order chi connectivity index (χ1) is 11.6. The number of carbonyl (C=O) groups is 1. The number of aliphatic imine (C=N–C) groups is 1. The molecule has 144 valence electrons. The third-order valence-corrected chi connectivity index (χ3v) is 4.80. The summed E-state index contributed by atoms with van der Waals surface area (Å²) >= 11 is 0. The standard InChI is InChI=1S/C18H36N6O/c1-11(2)9-13-15-14(16(25)23-18(3,4)5)22-12(10-24(13)15)7-6-8-21-17(19)20/h11-15,22H,6-10H2,1-5H3,(H,23,25)(H4,19,20,21)/t12-,13-,14-,15+,24?/m1/s1. The molecule has 0 spiro atoms. The number of carbonyl (C=O) groups excluding carboxylic acids is 1. The predicted octanol–water partition coefficient (Wildman–Crippen LogP) is 0.394. The van der Waals surface area contributed by atoms with E-state index in [1.54, 1.807) is 0 Å². The summed E-state index contributed by atoms with van der Waals surface area (Å²) in [6, 6.07) is 1.02. The molecule has 0 bridgehead atoms. The summed E-state index contributed by atoms with van der Waals surface area (Å²) < 4.78 is 0. The summed E-state index contributed by atoms with van der Waals surface area (Å²) in [4.78, 5) is 19.3. The second-order valence-electron chi connectivity index (χ2n) is 8.91. The molecule has 2 aliphatic rings. The van der Waals surface area contributed by atoms with Gasteiger partial charge in [0.05, 0.1) is 0 Å². The fourth-order valence-electron chi connectivity index (χ4n) is 3.84. The second kappa shape index (κ2) is 7.91. The van der Waals surface area contributed by atoms with E-state index >= 15 is 0 Å². The van der Waals surface area contributed by atoms with Crippen LogP contribution in [0.2, 0.25) is 0 Å². The van der Waals surface area contributed by atoms with E-state index in [4.69, 9.17) is 11.5 Å². The van der Waals surface area contributed by atoms with Crippen molar-refractivity contribution in [2.24, 2.45) is 22.4 Å². The molecule has 7 nitrogen and oxygen atoms in total. The molecule has 5 atom stereocenters. The Morgan fingerprint density at radius 1 is 1.36 bits per heavy atom. The summed E-state index contributed by atoms with van der Waals surface area (Å²) in [6.07, 6.45) is 3.02. The van der Waals surface area contributed by atoms with E-state index in [1.807, 2.05) is 20.8 Å². The van der Waals surface area contributed by atoms with Crippen LogP contribution in [0.5, 0.6) is 0 Å². The van der Waals surface area contributed by atoms with Gasteiger partial charge in [0.15, 0.2) is 5.96 Å². The topological polar surface area (TPSA) is 109 Å². The Hall–Kier alpha value is -1.34. The minimum absolute atomic E-state index is 0.114. The summed E-state index contributed by atoms with van der Waals surface area (Å²) in [6.45, 7) is 12.2. The van der Waals surface area contributed by atoms with Crippen LogP contribution >= 0.6 is 0 Å². The molecule has 0 radical (unpaired) electrons. The minimum Gasteiger partial charge on any atom is -0.370 e. The van der Waals surface area contributed by atoms with Gasteiger partial charge in [0, 0.05) is 36.8 Å². The Balaban J connectivity index is 1.97. The van der Waals surface area contributed by atoms with Crippen LogP contribution in [0.1, 0.15) is 53.9 Å². The number of rotatable bonds is 7. The van der Waals surface area contributed by atoms with Gasteiger partial charge in [-0.05, 0) is 46.0 Å². The van der Waals surface area contributed by atoms with E-state index in [-0.39, 0.29) is 23.4 Å². The number of nitrogens with one attached hydrogen (secondary N) is 2. The number of nitrogens with two attached hydrogens (primary N) is 2. The Labute approximate surface area is 152 Å². The summed E-state index contributed by atoms with van der Waals surface area (Å²) in [5.41, 5.74) is 10.5. The maximum absolute atomic E-state index is 12.8. The highest BCUT2D eigenvalue weighted by Gasteiger charge is 2.57. The van der Waals surface area contributed by atoms with Crippen LogP contribution in [-0.4, -0.2) is 59.6 Å². The van der Waals surface area contributed by atoms with Gasteiger partial charge < -0.3 is 22.1 Å². The van der Waals surface area contributed by atoms with Gasteiger partial charge in [-0.2, -0.15) is 0 Å². The molecule has 0 aromatic rings. The average Bonchev–Trinajstić information content (AvgIpc) is 3.13. The summed E-state index contributed by atoms with van der Waals surface area (Å²) in [5, 5.41) is 6.73. The van der Waals surface area contributed by atoms with Gasteiger partial charge >= 0.3 is 0 Å². The van der Waals surface area contributed by atoms with E-state index < -0.39 is 0 Å². The smallest absolute Gasteiger partial charge is 0.239 e. The number of fused-ring (bicyclic) bond motifs is 1. The lowest BCUT2D eigenvalue weighted by molar-refractivity contribution is -0.125. The van der Waals surface area contributed by atoms with E-state index in [0.717, 1.165) is 25.8 Å². The second-order valence-corrected chi connectivity index (χ2v) is 8.91. The minimum atomic E-state index is -0.216. The van der Waals surface area contributed by atoms with Crippen molar-refractivity contribution in [2.45, 2.75) is 83.6 Å². The van der Waals surface area contributed by atoms with E-state index in [0.29, 0.717) is 30.6 Å². The Morgan fingerprint density at radius 3 is 2.60 bits per heavy atom. The van der Waals surface area contributed by atoms with Crippen molar-refractivity contribution in [3.8, 4) is 0 Å². The van der Waals surface area contributed by atoms with Crippen molar-refractivity contribution in [1.29, 1.82) is 0 Å². The van der Waals surface area contributed by atoms with Crippen LogP contribution in [0.15, 0.2) is 4.99 Å².